The molecule has 0 bridgehead atoms. The Balaban J connectivity index is 1.70. The van der Waals surface area contributed by atoms with E-state index in [-0.39, 0.29) is 17.3 Å². The Hall–Kier alpha value is -2.00. The number of carbonyl (C=O) groups excluding carboxylic acids is 1. The number of anilines is 1. The molecule has 0 aliphatic carbocycles. The van der Waals surface area contributed by atoms with Gasteiger partial charge in [-0.2, -0.15) is 0 Å². The summed E-state index contributed by atoms with van der Waals surface area (Å²) in [4.78, 5) is 13.8. The molecule has 5 nitrogen and oxygen atoms in total. The van der Waals surface area contributed by atoms with Crippen LogP contribution in [0.3, 0.4) is 0 Å². The Labute approximate surface area is 206 Å². The molecule has 0 fully saturated rings. The highest BCUT2D eigenvalue weighted by Gasteiger charge is 2.27. The van der Waals surface area contributed by atoms with Crippen LogP contribution in [-0.4, -0.2) is 33.2 Å². The van der Waals surface area contributed by atoms with Crippen LogP contribution in [0.25, 0.3) is 0 Å². The molecule has 0 aromatic heterocycles. The zero-order valence-corrected chi connectivity index (χ0v) is 21.3. The minimum Gasteiger partial charge on any atom is -0.354 e. The van der Waals surface area contributed by atoms with Crippen molar-refractivity contribution in [1.82, 2.24) is 5.32 Å². The van der Waals surface area contributed by atoms with Gasteiger partial charge in [-0.05, 0) is 61.5 Å². The molecule has 0 unspecified atom stereocenters. The highest BCUT2D eigenvalue weighted by atomic mass is 79.9. The lowest BCUT2D eigenvalue weighted by Crippen LogP contribution is -2.41. The molecule has 0 atom stereocenters. The van der Waals surface area contributed by atoms with E-state index >= 15 is 0 Å². The Kier molecular flexibility index (Phi) is 8.64. The van der Waals surface area contributed by atoms with Gasteiger partial charge in [0, 0.05) is 26.7 Å². The van der Waals surface area contributed by atoms with Crippen LogP contribution >= 0.6 is 39.3 Å². The van der Waals surface area contributed by atoms with E-state index in [0.717, 1.165) is 19.2 Å². The molecule has 168 valence electrons. The Bertz CT molecular complexity index is 1170. The molecule has 1 amide bonds. The van der Waals surface area contributed by atoms with E-state index in [2.05, 4.69) is 21.2 Å². The molecule has 0 spiro atoms. The number of halogens is 2. The van der Waals surface area contributed by atoms with Crippen LogP contribution in [0.5, 0.6) is 0 Å². The highest BCUT2D eigenvalue weighted by Crippen LogP contribution is 2.26. The van der Waals surface area contributed by atoms with Crippen LogP contribution in [0.1, 0.15) is 5.56 Å². The Morgan fingerprint density at radius 1 is 1.06 bits per heavy atom. The number of nitrogens with one attached hydrogen (secondary N) is 1. The van der Waals surface area contributed by atoms with Gasteiger partial charge in [0.05, 0.1) is 10.6 Å². The Morgan fingerprint density at radius 2 is 1.75 bits per heavy atom. The first kappa shape index (κ1) is 24.6. The first-order chi connectivity index (χ1) is 15.3. The number of sulfonamides is 1. The smallest absolute Gasteiger partial charge is 0.264 e. The van der Waals surface area contributed by atoms with Crippen molar-refractivity contribution in [3.63, 3.8) is 0 Å². The average Bonchev–Trinajstić information content (AvgIpc) is 2.76. The molecule has 1 N–H and O–H groups in total. The number of carbonyl (C=O) groups is 1. The normalized spacial score (nSPS) is 11.2. The van der Waals surface area contributed by atoms with Crippen LogP contribution in [0.15, 0.2) is 87.1 Å². The van der Waals surface area contributed by atoms with Crippen LogP contribution < -0.4 is 9.62 Å². The van der Waals surface area contributed by atoms with Crippen molar-refractivity contribution >= 4 is 60.9 Å². The summed E-state index contributed by atoms with van der Waals surface area (Å²) >= 11 is 10.8. The molecule has 32 heavy (non-hydrogen) atoms. The number of hydrogen-bond acceptors (Lipinski definition) is 4. The summed E-state index contributed by atoms with van der Waals surface area (Å²) in [6, 6.07) is 20.9. The first-order valence-corrected chi connectivity index (χ1v) is 13.4. The van der Waals surface area contributed by atoms with Crippen molar-refractivity contribution in [1.29, 1.82) is 0 Å². The third-order valence-electron chi connectivity index (χ3n) is 4.50. The molecule has 0 aliphatic heterocycles. The summed E-state index contributed by atoms with van der Waals surface area (Å²) < 4.78 is 28.5. The lowest BCUT2D eigenvalue weighted by atomic mass is 10.2. The van der Waals surface area contributed by atoms with E-state index in [9.17, 15) is 13.2 Å². The molecule has 0 saturated carbocycles. The number of nitrogens with zero attached hydrogens (tertiary/aromatic N) is 1. The minimum atomic E-state index is -3.93. The molecule has 3 aromatic carbocycles. The van der Waals surface area contributed by atoms with Crippen molar-refractivity contribution in [3.8, 4) is 0 Å². The predicted molar refractivity (Wildman–Crippen MR) is 135 cm³/mol. The fraction of sp³-hybridized carbons (Fsp3) is 0.174. The molecule has 0 radical (unpaired) electrons. The molecule has 0 heterocycles. The first-order valence-electron chi connectivity index (χ1n) is 9.76. The zero-order valence-electron chi connectivity index (χ0n) is 17.3. The fourth-order valence-corrected chi connectivity index (χ4v) is 5.55. The summed E-state index contributed by atoms with van der Waals surface area (Å²) in [6.07, 6.45) is 0. The molecule has 9 heteroatoms. The topological polar surface area (TPSA) is 66.5 Å². The van der Waals surface area contributed by atoms with E-state index in [0.29, 0.717) is 23.0 Å². The maximum atomic E-state index is 13.3. The summed E-state index contributed by atoms with van der Waals surface area (Å²) in [7, 11) is -3.93. The van der Waals surface area contributed by atoms with Crippen LogP contribution in [0.4, 0.5) is 5.69 Å². The standard InChI is InChI=1S/C23H22BrClN2O3S2/c1-17-5-11-22(12-6-17)32(29,30)27(20-4-2-3-18(24)15-20)16-23(28)26-13-14-31-21-9-7-19(25)8-10-21/h2-12,15H,13-14,16H2,1H3,(H,26,28). The molecule has 0 saturated heterocycles. The van der Waals surface area contributed by atoms with Gasteiger partial charge in [-0.25, -0.2) is 8.42 Å². The second-order valence-corrected chi connectivity index (χ2v) is 11.3. The summed E-state index contributed by atoms with van der Waals surface area (Å²) in [5.74, 6) is 0.270. The van der Waals surface area contributed by atoms with Crippen LogP contribution in [0.2, 0.25) is 5.02 Å². The van der Waals surface area contributed by atoms with Gasteiger partial charge in [0.1, 0.15) is 6.54 Å². The van der Waals surface area contributed by atoms with Gasteiger partial charge >= 0.3 is 0 Å². The van der Waals surface area contributed by atoms with Gasteiger partial charge in [-0.1, -0.05) is 51.3 Å². The van der Waals surface area contributed by atoms with Crippen LogP contribution in [-0.2, 0) is 14.8 Å². The van der Waals surface area contributed by atoms with Crippen molar-refractivity contribution in [2.75, 3.05) is 23.1 Å². The van der Waals surface area contributed by atoms with Crippen molar-refractivity contribution in [3.05, 3.63) is 87.9 Å². The van der Waals surface area contributed by atoms with E-state index in [1.54, 1.807) is 60.3 Å². The highest BCUT2D eigenvalue weighted by molar-refractivity contribution is 9.10. The van der Waals surface area contributed by atoms with E-state index in [4.69, 9.17) is 11.6 Å². The largest absolute Gasteiger partial charge is 0.354 e. The van der Waals surface area contributed by atoms with Gasteiger partial charge in [-0.15, -0.1) is 11.8 Å². The van der Waals surface area contributed by atoms with E-state index in [1.807, 2.05) is 31.2 Å². The fourth-order valence-electron chi connectivity index (χ4n) is 2.86. The zero-order chi connectivity index (χ0) is 23.1. The molecule has 3 rings (SSSR count). The number of amides is 1. The van der Waals surface area contributed by atoms with Crippen molar-refractivity contribution in [2.45, 2.75) is 16.7 Å². The molecular formula is C23H22BrClN2O3S2. The number of benzene rings is 3. The lowest BCUT2D eigenvalue weighted by molar-refractivity contribution is -0.119. The van der Waals surface area contributed by atoms with Gasteiger partial charge in [0.25, 0.3) is 10.0 Å². The van der Waals surface area contributed by atoms with Gasteiger partial charge < -0.3 is 5.32 Å². The molecule has 3 aromatic rings. The number of thioether (sulfide) groups is 1. The second kappa shape index (κ2) is 11.2. The Morgan fingerprint density at radius 3 is 2.41 bits per heavy atom. The van der Waals surface area contributed by atoms with Gasteiger partial charge in [0.15, 0.2) is 0 Å². The quantitative estimate of drug-likeness (QED) is 0.280. The monoisotopic (exact) mass is 552 g/mol. The lowest BCUT2D eigenvalue weighted by Gasteiger charge is -2.24. The summed E-state index contributed by atoms with van der Waals surface area (Å²) in [5.41, 5.74) is 1.36. The average molecular weight is 554 g/mol. The molecule has 0 aliphatic rings. The SMILES string of the molecule is Cc1ccc(S(=O)(=O)N(CC(=O)NCCSc2ccc(Cl)cc2)c2cccc(Br)c2)cc1. The summed E-state index contributed by atoms with van der Waals surface area (Å²) in [6.45, 7) is 1.97. The number of rotatable bonds is 9. The van der Waals surface area contributed by atoms with Crippen LogP contribution in [0, 0.1) is 6.92 Å². The third-order valence-corrected chi connectivity index (χ3v) is 8.05. The van der Waals surface area contributed by atoms with E-state index < -0.39 is 10.0 Å². The minimum absolute atomic E-state index is 0.133. The third kappa shape index (κ3) is 6.75. The number of hydrogen-bond donors (Lipinski definition) is 1. The van der Waals surface area contributed by atoms with Gasteiger partial charge in [-0.3, -0.25) is 9.10 Å². The van der Waals surface area contributed by atoms with Gasteiger partial charge in [0.2, 0.25) is 5.91 Å². The maximum absolute atomic E-state index is 13.3. The van der Waals surface area contributed by atoms with E-state index in [1.165, 1.54) is 0 Å². The second-order valence-electron chi connectivity index (χ2n) is 6.96. The molecular weight excluding hydrogens is 532 g/mol. The predicted octanol–water partition coefficient (Wildman–Crippen LogP) is 5.51. The van der Waals surface area contributed by atoms with Crippen molar-refractivity contribution in [2.24, 2.45) is 0 Å². The number of aryl methyl sites for hydroxylation is 1. The summed E-state index contributed by atoms with van der Waals surface area (Å²) in [5, 5.41) is 3.48. The van der Waals surface area contributed by atoms with Crippen molar-refractivity contribution < 1.29 is 13.2 Å². The maximum Gasteiger partial charge on any atom is 0.264 e.